The zero-order valence-electron chi connectivity index (χ0n) is 20.6. The lowest BCUT2D eigenvalue weighted by Crippen LogP contribution is -2.35. The number of aliphatic hydroxyl groups is 1. The Bertz CT molecular complexity index is 1300. The summed E-state index contributed by atoms with van der Waals surface area (Å²) in [6.07, 6.45) is 0. The van der Waals surface area contributed by atoms with E-state index < -0.39 is 17.7 Å². The van der Waals surface area contributed by atoms with E-state index in [0.29, 0.717) is 36.6 Å². The summed E-state index contributed by atoms with van der Waals surface area (Å²) in [5, 5.41) is 21.2. The van der Waals surface area contributed by atoms with E-state index in [0.717, 1.165) is 11.1 Å². The van der Waals surface area contributed by atoms with E-state index in [-0.39, 0.29) is 17.1 Å². The Morgan fingerprint density at radius 3 is 2.39 bits per heavy atom. The lowest BCUT2D eigenvalue weighted by molar-refractivity contribution is -0.140. The molecular formula is C29H30N2O5. The molecule has 0 aromatic heterocycles. The van der Waals surface area contributed by atoms with Crippen molar-refractivity contribution in [2.45, 2.75) is 19.6 Å². The van der Waals surface area contributed by atoms with Gasteiger partial charge in [0.2, 0.25) is 0 Å². The van der Waals surface area contributed by atoms with Crippen molar-refractivity contribution in [1.82, 2.24) is 9.80 Å². The molecule has 1 aliphatic heterocycles. The SMILES string of the molecule is Cc1ccccc1COc1ccc(C(O)=C2C(=O)C(=O)N(CCN(C)C)[C@@H]2c2cccc(O)c2)cc1. The second-order valence-electron chi connectivity index (χ2n) is 9.13. The largest absolute Gasteiger partial charge is 0.508 e. The molecule has 1 atom stereocenters. The van der Waals surface area contributed by atoms with Gasteiger partial charge in [-0.2, -0.15) is 0 Å². The molecule has 7 heteroatoms. The molecular weight excluding hydrogens is 456 g/mol. The van der Waals surface area contributed by atoms with E-state index in [1.807, 2.05) is 50.2 Å². The van der Waals surface area contributed by atoms with Gasteiger partial charge in [-0.1, -0.05) is 36.4 Å². The number of hydrogen-bond donors (Lipinski definition) is 2. The fourth-order valence-corrected chi connectivity index (χ4v) is 4.26. The summed E-state index contributed by atoms with van der Waals surface area (Å²) in [7, 11) is 3.76. The molecule has 1 saturated heterocycles. The Balaban J connectivity index is 1.65. The fraction of sp³-hybridized carbons (Fsp3) is 0.241. The van der Waals surface area contributed by atoms with Crippen molar-refractivity contribution < 1.29 is 24.5 Å². The number of carbonyl (C=O) groups excluding carboxylic acids is 2. The molecule has 0 saturated carbocycles. The topological polar surface area (TPSA) is 90.3 Å². The first-order chi connectivity index (χ1) is 17.3. The molecule has 7 nitrogen and oxygen atoms in total. The van der Waals surface area contributed by atoms with Gasteiger partial charge in [0.1, 0.15) is 23.9 Å². The van der Waals surface area contributed by atoms with Gasteiger partial charge >= 0.3 is 0 Å². The van der Waals surface area contributed by atoms with Crippen LogP contribution in [0.5, 0.6) is 11.5 Å². The molecule has 1 amide bonds. The van der Waals surface area contributed by atoms with Gasteiger partial charge in [0.25, 0.3) is 11.7 Å². The summed E-state index contributed by atoms with van der Waals surface area (Å²) in [6.45, 7) is 3.26. The molecule has 0 aliphatic carbocycles. The van der Waals surface area contributed by atoms with Gasteiger partial charge in [-0.25, -0.2) is 0 Å². The van der Waals surface area contributed by atoms with Gasteiger partial charge in [-0.3, -0.25) is 9.59 Å². The number of aryl methyl sites for hydroxylation is 1. The number of aliphatic hydroxyl groups excluding tert-OH is 1. The molecule has 3 aromatic carbocycles. The molecule has 1 heterocycles. The number of ketones is 1. The summed E-state index contributed by atoms with van der Waals surface area (Å²) < 4.78 is 5.89. The minimum atomic E-state index is -0.811. The molecule has 36 heavy (non-hydrogen) atoms. The fourth-order valence-electron chi connectivity index (χ4n) is 4.26. The Kier molecular flexibility index (Phi) is 7.41. The van der Waals surface area contributed by atoms with Gasteiger partial charge in [0.05, 0.1) is 11.6 Å². The first-order valence-electron chi connectivity index (χ1n) is 11.8. The molecule has 1 fully saturated rings. The third-order valence-corrected chi connectivity index (χ3v) is 6.30. The summed E-state index contributed by atoms with van der Waals surface area (Å²) >= 11 is 0. The molecule has 4 rings (SSSR count). The number of nitrogens with zero attached hydrogens (tertiary/aromatic N) is 2. The highest BCUT2D eigenvalue weighted by atomic mass is 16.5. The van der Waals surface area contributed by atoms with E-state index in [2.05, 4.69) is 0 Å². The van der Waals surface area contributed by atoms with Crippen molar-refractivity contribution in [2.75, 3.05) is 27.2 Å². The third-order valence-electron chi connectivity index (χ3n) is 6.30. The normalized spacial score (nSPS) is 17.1. The maximum atomic E-state index is 13.1. The maximum absolute atomic E-state index is 13.1. The zero-order valence-corrected chi connectivity index (χ0v) is 20.6. The van der Waals surface area contributed by atoms with Crippen LogP contribution in [0.1, 0.15) is 28.3 Å². The van der Waals surface area contributed by atoms with Crippen LogP contribution < -0.4 is 4.74 Å². The third kappa shape index (κ3) is 5.26. The molecule has 0 bridgehead atoms. The van der Waals surface area contributed by atoms with Crippen LogP contribution in [0.25, 0.3) is 5.76 Å². The lowest BCUT2D eigenvalue weighted by Gasteiger charge is -2.26. The monoisotopic (exact) mass is 486 g/mol. The van der Waals surface area contributed by atoms with Crippen molar-refractivity contribution >= 4 is 17.4 Å². The van der Waals surface area contributed by atoms with E-state index in [4.69, 9.17) is 4.74 Å². The average molecular weight is 487 g/mol. The molecule has 0 radical (unpaired) electrons. The summed E-state index contributed by atoms with van der Waals surface area (Å²) in [5.41, 5.74) is 3.16. The summed E-state index contributed by atoms with van der Waals surface area (Å²) in [5.74, 6) is -1.06. The number of Topliss-reactive ketones (excluding diaryl/α,β-unsaturated/α-hetero) is 1. The highest BCUT2D eigenvalue weighted by molar-refractivity contribution is 6.46. The van der Waals surface area contributed by atoms with E-state index in [9.17, 15) is 19.8 Å². The zero-order chi connectivity index (χ0) is 25.8. The van der Waals surface area contributed by atoms with Crippen LogP contribution >= 0.6 is 0 Å². The molecule has 0 unspecified atom stereocenters. The molecule has 1 aliphatic rings. The van der Waals surface area contributed by atoms with Gasteiger partial charge in [-0.05, 0) is 74.1 Å². The molecule has 2 N–H and O–H groups in total. The maximum Gasteiger partial charge on any atom is 0.295 e. The van der Waals surface area contributed by atoms with Crippen LogP contribution in [0.3, 0.4) is 0 Å². The Morgan fingerprint density at radius 2 is 1.72 bits per heavy atom. The number of aromatic hydroxyl groups is 1. The van der Waals surface area contributed by atoms with Crippen LogP contribution in [-0.4, -0.2) is 58.9 Å². The van der Waals surface area contributed by atoms with Crippen molar-refractivity contribution in [3.8, 4) is 11.5 Å². The van der Waals surface area contributed by atoms with E-state index in [1.54, 1.807) is 36.4 Å². The number of likely N-dealkylation sites (tertiary alicyclic amines) is 1. The van der Waals surface area contributed by atoms with E-state index >= 15 is 0 Å². The number of likely N-dealkylation sites (N-methyl/N-ethyl adjacent to an activating group) is 1. The van der Waals surface area contributed by atoms with Crippen LogP contribution in [-0.2, 0) is 16.2 Å². The second-order valence-corrected chi connectivity index (χ2v) is 9.13. The highest BCUT2D eigenvalue weighted by Crippen LogP contribution is 2.40. The summed E-state index contributed by atoms with van der Waals surface area (Å²) in [6, 6.07) is 20.3. The number of hydrogen-bond acceptors (Lipinski definition) is 6. The molecule has 3 aromatic rings. The average Bonchev–Trinajstić information content (AvgIpc) is 3.12. The number of phenols is 1. The summed E-state index contributed by atoms with van der Waals surface area (Å²) in [4.78, 5) is 29.4. The van der Waals surface area contributed by atoms with Crippen LogP contribution in [0.2, 0.25) is 0 Å². The predicted octanol–water partition coefficient (Wildman–Crippen LogP) is 4.26. The van der Waals surface area contributed by atoms with E-state index in [1.165, 1.54) is 17.0 Å². The smallest absolute Gasteiger partial charge is 0.295 e. The number of ether oxygens (including phenoxy) is 1. The molecule has 186 valence electrons. The number of phenolic OH excluding ortho intramolecular Hbond substituents is 1. The first-order valence-corrected chi connectivity index (χ1v) is 11.8. The minimum absolute atomic E-state index is 0.00191. The number of carbonyl (C=O) groups is 2. The Labute approximate surface area is 210 Å². The van der Waals surface area contributed by atoms with Crippen LogP contribution in [0.15, 0.2) is 78.4 Å². The number of benzene rings is 3. The van der Waals surface area contributed by atoms with Crippen molar-refractivity contribution in [2.24, 2.45) is 0 Å². The minimum Gasteiger partial charge on any atom is -0.508 e. The van der Waals surface area contributed by atoms with Gasteiger partial charge in [0, 0.05) is 18.7 Å². The second kappa shape index (κ2) is 10.7. The van der Waals surface area contributed by atoms with Gasteiger partial charge < -0.3 is 24.7 Å². The molecule has 0 spiro atoms. The number of rotatable bonds is 8. The van der Waals surface area contributed by atoms with Gasteiger partial charge in [0.15, 0.2) is 0 Å². The Hall–Kier alpha value is -4.10. The first kappa shape index (κ1) is 25.0. The van der Waals surface area contributed by atoms with Gasteiger partial charge in [-0.15, -0.1) is 0 Å². The Morgan fingerprint density at radius 1 is 1.00 bits per heavy atom. The van der Waals surface area contributed by atoms with Crippen LogP contribution in [0.4, 0.5) is 0 Å². The van der Waals surface area contributed by atoms with Crippen molar-refractivity contribution in [3.05, 3.63) is 101 Å². The lowest BCUT2D eigenvalue weighted by atomic mass is 9.95. The highest BCUT2D eigenvalue weighted by Gasteiger charge is 2.46. The number of amides is 1. The van der Waals surface area contributed by atoms with Crippen LogP contribution in [0, 0.1) is 6.92 Å². The standard InChI is InChI=1S/C29H30N2O5/c1-19-7-4-5-8-22(19)18-36-24-13-11-20(12-14-24)27(33)25-26(21-9-6-10-23(32)17-21)31(16-15-30(2)3)29(35)28(25)34/h4-14,17,26,32-33H,15-16,18H2,1-3H3/t26-/m1/s1. The van der Waals surface area contributed by atoms with Crippen molar-refractivity contribution in [1.29, 1.82) is 0 Å². The van der Waals surface area contributed by atoms with Crippen molar-refractivity contribution in [3.63, 3.8) is 0 Å². The predicted molar refractivity (Wildman–Crippen MR) is 138 cm³/mol. The quantitative estimate of drug-likeness (QED) is 0.281.